The zero-order valence-electron chi connectivity index (χ0n) is 10.8. The van der Waals surface area contributed by atoms with Gasteiger partial charge in [0.25, 0.3) is 5.91 Å². The molecule has 1 aliphatic rings. The largest absolute Gasteiger partial charge is 0.508 e. The minimum atomic E-state index is -0.255. The van der Waals surface area contributed by atoms with Crippen LogP contribution in [0.25, 0.3) is 0 Å². The third kappa shape index (κ3) is 3.05. The zero-order chi connectivity index (χ0) is 14.0. The molecular weight excluding hydrogens is 246 g/mol. The number of aromatic hydroxyl groups is 2. The number of likely N-dealkylation sites (tertiary alicyclic amines) is 1. The molecule has 0 spiro atoms. The Balaban J connectivity index is 2.20. The fourth-order valence-electron chi connectivity index (χ4n) is 2.53. The van der Waals surface area contributed by atoms with Gasteiger partial charge in [-0.1, -0.05) is 0 Å². The number of carbonyl (C=O) groups is 2. The van der Waals surface area contributed by atoms with Gasteiger partial charge in [-0.3, -0.25) is 9.59 Å². The van der Waals surface area contributed by atoms with Gasteiger partial charge in [0.05, 0.1) is 0 Å². The van der Waals surface area contributed by atoms with Crippen LogP contribution in [-0.4, -0.2) is 39.4 Å². The van der Waals surface area contributed by atoms with Crippen molar-refractivity contribution in [1.82, 2.24) is 4.90 Å². The lowest BCUT2D eigenvalue weighted by Gasteiger charge is -2.24. The Hall–Kier alpha value is -2.04. The van der Waals surface area contributed by atoms with Crippen molar-refractivity contribution >= 4 is 11.7 Å². The Morgan fingerprint density at radius 1 is 1.26 bits per heavy atom. The average Bonchev–Trinajstić information content (AvgIpc) is 2.73. The van der Waals surface area contributed by atoms with Gasteiger partial charge in [0.2, 0.25) is 0 Å². The Labute approximate surface area is 111 Å². The summed E-state index contributed by atoms with van der Waals surface area (Å²) < 4.78 is 0. The number of benzene rings is 1. The van der Waals surface area contributed by atoms with Crippen LogP contribution in [0.2, 0.25) is 0 Å². The normalized spacial score (nSPS) is 18.6. The molecule has 1 saturated heterocycles. The van der Waals surface area contributed by atoms with Crippen LogP contribution in [0.1, 0.15) is 36.5 Å². The summed E-state index contributed by atoms with van der Waals surface area (Å²) in [5.74, 6) is -0.491. The van der Waals surface area contributed by atoms with Gasteiger partial charge in [-0.25, -0.2) is 0 Å². The van der Waals surface area contributed by atoms with Crippen LogP contribution in [0, 0.1) is 0 Å². The van der Waals surface area contributed by atoms with Crippen LogP contribution in [0.3, 0.4) is 0 Å². The van der Waals surface area contributed by atoms with E-state index in [4.69, 9.17) is 0 Å². The van der Waals surface area contributed by atoms with Crippen molar-refractivity contribution in [3.63, 3.8) is 0 Å². The van der Waals surface area contributed by atoms with Crippen LogP contribution in [-0.2, 0) is 4.79 Å². The predicted molar refractivity (Wildman–Crippen MR) is 69.1 cm³/mol. The highest BCUT2D eigenvalue weighted by molar-refractivity contribution is 5.95. The molecule has 1 fully saturated rings. The molecule has 2 rings (SSSR count). The Kier molecular flexibility index (Phi) is 3.74. The van der Waals surface area contributed by atoms with Crippen LogP contribution >= 0.6 is 0 Å². The second-order valence-electron chi connectivity index (χ2n) is 4.94. The molecule has 102 valence electrons. The molecule has 1 amide bonds. The second kappa shape index (κ2) is 5.30. The van der Waals surface area contributed by atoms with Crippen molar-refractivity contribution in [2.75, 3.05) is 6.54 Å². The smallest absolute Gasteiger partial charge is 0.254 e. The van der Waals surface area contributed by atoms with Gasteiger partial charge in [-0.05, 0) is 31.9 Å². The molecule has 1 aromatic rings. The molecule has 0 radical (unpaired) electrons. The molecule has 0 aromatic heterocycles. The molecular formula is C14H17NO4. The van der Waals surface area contributed by atoms with E-state index in [1.165, 1.54) is 25.1 Å². The van der Waals surface area contributed by atoms with E-state index in [2.05, 4.69) is 0 Å². The summed E-state index contributed by atoms with van der Waals surface area (Å²) in [4.78, 5) is 25.2. The molecule has 1 aromatic carbocycles. The van der Waals surface area contributed by atoms with Crippen molar-refractivity contribution in [2.24, 2.45) is 0 Å². The van der Waals surface area contributed by atoms with Crippen molar-refractivity contribution in [3.8, 4) is 11.5 Å². The van der Waals surface area contributed by atoms with E-state index in [9.17, 15) is 19.8 Å². The highest BCUT2D eigenvalue weighted by Gasteiger charge is 2.30. The molecule has 1 atom stereocenters. The number of phenolic OH excluding ortho intramolecular Hbond substituents is 2. The molecule has 2 N–H and O–H groups in total. The Morgan fingerprint density at radius 3 is 2.47 bits per heavy atom. The molecule has 0 bridgehead atoms. The first-order chi connectivity index (χ1) is 8.97. The number of Topliss-reactive ketones (excluding diaryl/α,β-unsaturated/α-hetero) is 1. The quantitative estimate of drug-likeness (QED) is 0.869. The molecule has 1 aliphatic heterocycles. The molecule has 19 heavy (non-hydrogen) atoms. The molecule has 0 aliphatic carbocycles. The summed E-state index contributed by atoms with van der Waals surface area (Å²) in [6, 6.07) is 3.75. The van der Waals surface area contributed by atoms with Crippen molar-refractivity contribution in [1.29, 1.82) is 0 Å². The van der Waals surface area contributed by atoms with E-state index in [0.717, 1.165) is 12.8 Å². The minimum absolute atomic E-state index is 0.0588. The Morgan fingerprint density at radius 2 is 1.89 bits per heavy atom. The number of phenols is 2. The van der Waals surface area contributed by atoms with Gasteiger partial charge >= 0.3 is 0 Å². The van der Waals surface area contributed by atoms with Crippen LogP contribution in [0.15, 0.2) is 18.2 Å². The van der Waals surface area contributed by atoms with Gasteiger partial charge in [0.1, 0.15) is 17.3 Å². The number of amides is 1. The maximum Gasteiger partial charge on any atom is 0.254 e. The number of hydrogen-bond donors (Lipinski definition) is 2. The number of hydrogen-bond acceptors (Lipinski definition) is 4. The van der Waals surface area contributed by atoms with Crippen molar-refractivity contribution in [2.45, 2.75) is 32.2 Å². The van der Waals surface area contributed by atoms with Gasteiger partial charge in [-0.2, -0.15) is 0 Å². The molecule has 5 heteroatoms. The summed E-state index contributed by atoms with van der Waals surface area (Å²) >= 11 is 0. The Bertz CT molecular complexity index is 492. The lowest BCUT2D eigenvalue weighted by atomic mass is 10.1. The van der Waals surface area contributed by atoms with Crippen LogP contribution in [0.4, 0.5) is 0 Å². The maximum absolute atomic E-state index is 12.3. The van der Waals surface area contributed by atoms with Gasteiger partial charge in [0, 0.05) is 30.6 Å². The van der Waals surface area contributed by atoms with Gasteiger partial charge in [0.15, 0.2) is 0 Å². The summed E-state index contributed by atoms with van der Waals surface area (Å²) in [5.41, 5.74) is 0.243. The standard InChI is InChI=1S/C14H17NO4/c1-9(16)5-11-3-2-4-15(11)14(19)10-6-12(17)8-13(18)7-10/h6-8,11,17-18H,2-5H2,1H3. The molecule has 5 nitrogen and oxygen atoms in total. The van der Waals surface area contributed by atoms with Gasteiger partial charge < -0.3 is 15.1 Å². The summed E-state index contributed by atoms with van der Waals surface area (Å²) in [5, 5.41) is 18.8. The fraction of sp³-hybridized carbons (Fsp3) is 0.429. The number of ketones is 1. The van der Waals surface area contributed by atoms with E-state index in [0.29, 0.717) is 13.0 Å². The number of nitrogens with zero attached hydrogens (tertiary/aromatic N) is 1. The molecule has 0 saturated carbocycles. The van der Waals surface area contributed by atoms with Crippen molar-refractivity contribution < 1.29 is 19.8 Å². The highest BCUT2D eigenvalue weighted by atomic mass is 16.3. The van der Waals surface area contributed by atoms with E-state index in [1.54, 1.807) is 4.90 Å². The zero-order valence-corrected chi connectivity index (χ0v) is 10.8. The maximum atomic E-state index is 12.3. The average molecular weight is 263 g/mol. The predicted octanol–water partition coefficient (Wildman–Crippen LogP) is 1.68. The fourth-order valence-corrected chi connectivity index (χ4v) is 2.53. The first kappa shape index (κ1) is 13.4. The van der Waals surface area contributed by atoms with E-state index >= 15 is 0 Å². The summed E-state index contributed by atoms with van der Waals surface area (Å²) in [7, 11) is 0. The molecule has 1 unspecified atom stereocenters. The van der Waals surface area contributed by atoms with Crippen LogP contribution in [0.5, 0.6) is 11.5 Å². The van der Waals surface area contributed by atoms with E-state index in [1.807, 2.05) is 0 Å². The third-order valence-electron chi connectivity index (χ3n) is 3.31. The topological polar surface area (TPSA) is 77.8 Å². The number of carbonyl (C=O) groups excluding carboxylic acids is 2. The first-order valence-corrected chi connectivity index (χ1v) is 6.31. The summed E-state index contributed by atoms with van der Waals surface area (Å²) in [6.07, 6.45) is 2.04. The minimum Gasteiger partial charge on any atom is -0.508 e. The van der Waals surface area contributed by atoms with Crippen LogP contribution < -0.4 is 0 Å². The van der Waals surface area contributed by atoms with E-state index in [-0.39, 0.29) is 34.8 Å². The lowest BCUT2D eigenvalue weighted by molar-refractivity contribution is -0.117. The van der Waals surface area contributed by atoms with Crippen molar-refractivity contribution in [3.05, 3.63) is 23.8 Å². The lowest BCUT2D eigenvalue weighted by Crippen LogP contribution is -2.36. The monoisotopic (exact) mass is 263 g/mol. The third-order valence-corrected chi connectivity index (χ3v) is 3.31. The highest BCUT2D eigenvalue weighted by Crippen LogP contribution is 2.26. The number of rotatable bonds is 3. The SMILES string of the molecule is CC(=O)CC1CCCN1C(=O)c1cc(O)cc(O)c1. The summed E-state index contributed by atoms with van der Waals surface area (Å²) in [6.45, 7) is 2.12. The second-order valence-corrected chi connectivity index (χ2v) is 4.94. The van der Waals surface area contributed by atoms with E-state index < -0.39 is 0 Å². The molecule has 1 heterocycles. The first-order valence-electron chi connectivity index (χ1n) is 6.31. The van der Waals surface area contributed by atoms with Gasteiger partial charge in [-0.15, -0.1) is 0 Å².